The molecule has 0 bridgehead atoms. The van der Waals surface area contributed by atoms with Gasteiger partial charge < -0.3 is 4.74 Å². The van der Waals surface area contributed by atoms with E-state index in [1.807, 2.05) is 0 Å². The standard InChI is InChI=1S/C20H16ClF3N6O2/c1-11-8-12(15-9-18(20(22,23)24)29(2)26-15)6-7-17(11)32-10-13-14(21)4-3-5-16(13)30-19(31)25-27-28-30/h3-9H,10H2,1-2H3,(H,25,28,31). The van der Waals surface area contributed by atoms with Gasteiger partial charge in [0.1, 0.15) is 18.1 Å². The Bertz CT molecular complexity index is 1340. The number of aromatic amines is 1. The van der Waals surface area contributed by atoms with E-state index in [9.17, 15) is 18.0 Å². The van der Waals surface area contributed by atoms with Crippen LogP contribution in [0.25, 0.3) is 16.9 Å². The van der Waals surface area contributed by atoms with Gasteiger partial charge in [-0.25, -0.2) is 9.89 Å². The summed E-state index contributed by atoms with van der Waals surface area (Å²) in [5.41, 5.74) is 0.991. The molecule has 1 N–H and O–H groups in total. The molecule has 0 amide bonds. The van der Waals surface area contributed by atoms with Gasteiger partial charge in [-0.2, -0.15) is 23.0 Å². The van der Waals surface area contributed by atoms with Crippen LogP contribution in [0.3, 0.4) is 0 Å². The Morgan fingerprint density at radius 2 is 1.97 bits per heavy atom. The average Bonchev–Trinajstić information content (AvgIpc) is 3.33. The smallest absolute Gasteiger partial charge is 0.433 e. The van der Waals surface area contributed by atoms with E-state index in [4.69, 9.17) is 16.3 Å². The van der Waals surface area contributed by atoms with E-state index in [2.05, 4.69) is 20.6 Å². The van der Waals surface area contributed by atoms with Crippen molar-refractivity contribution in [2.75, 3.05) is 0 Å². The quantitative estimate of drug-likeness (QED) is 0.483. The molecule has 0 spiro atoms. The van der Waals surface area contributed by atoms with Gasteiger partial charge in [0, 0.05) is 23.2 Å². The molecular formula is C20H16ClF3N6O2. The number of benzene rings is 2. The van der Waals surface area contributed by atoms with E-state index >= 15 is 0 Å². The van der Waals surface area contributed by atoms with Crippen molar-refractivity contribution in [2.24, 2.45) is 7.05 Å². The van der Waals surface area contributed by atoms with E-state index < -0.39 is 17.6 Å². The number of aromatic nitrogens is 6. The van der Waals surface area contributed by atoms with Crippen molar-refractivity contribution >= 4 is 11.6 Å². The number of hydrogen-bond acceptors (Lipinski definition) is 5. The highest BCUT2D eigenvalue weighted by Crippen LogP contribution is 2.33. The highest BCUT2D eigenvalue weighted by Gasteiger charge is 2.35. The molecular weight excluding hydrogens is 449 g/mol. The lowest BCUT2D eigenvalue weighted by Gasteiger charge is -2.14. The average molecular weight is 465 g/mol. The van der Waals surface area contributed by atoms with Crippen molar-refractivity contribution in [1.29, 1.82) is 0 Å². The maximum Gasteiger partial charge on any atom is 0.433 e. The number of nitrogens with one attached hydrogen (secondary N) is 1. The van der Waals surface area contributed by atoms with Crippen molar-refractivity contribution in [3.05, 3.63) is 74.8 Å². The minimum absolute atomic E-state index is 0.0241. The molecule has 32 heavy (non-hydrogen) atoms. The Kier molecular flexibility index (Phi) is 5.51. The van der Waals surface area contributed by atoms with Crippen LogP contribution in [0.5, 0.6) is 5.75 Å². The Balaban J connectivity index is 1.59. The molecule has 4 aromatic rings. The normalized spacial score (nSPS) is 11.7. The summed E-state index contributed by atoms with van der Waals surface area (Å²) in [6.45, 7) is 1.79. The minimum atomic E-state index is -4.49. The van der Waals surface area contributed by atoms with E-state index in [-0.39, 0.29) is 12.3 Å². The number of rotatable bonds is 5. The number of halogens is 4. The Morgan fingerprint density at radius 1 is 1.19 bits per heavy atom. The molecule has 0 saturated carbocycles. The lowest BCUT2D eigenvalue weighted by molar-refractivity contribution is -0.143. The lowest BCUT2D eigenvalue weighted by Crippen LogP contribution is -2.18. The van der Waals surface area contributed by atoms with Crippen LogP contribution in [0.2, 0.25) is 5.02 Å². The summed E-state index contributed by atoms with van der Waals surface area (Å²) < 4.78 is 46.9. The van der Waals surface area contributed by atoms with Crippen LogP contribution in [0.15, 0.2) is 47.3 Å². The largest absolute Gasteiger partial charge is 0.488 e. The SMILES string of the molecule is Cc1cc(-c2cc(C(F)(F)F)n(C)n2)ccc1OCc1c(Cl)cccc1-n1nn[nH]c1=O. The summed E-state index contributed by atoms with van der Waals surface area (Å²) in [7, 11) is 1.25. The highest BCUT2D eigenvalue weighted by molar-refractivity contribution is 6.31. The number of tetrazole rings is 1. The van der Waals surface area contributed by atoms with Crippen molar-refractivity contribution in [1.82, 2.24) is 30.0 Å². The van der Waals surface area contributed by atoms with Gasteiger partial charge in [0.05, 0.1) is 11.4 Å². The van der Waals surface area contributed by atoms with Crippen LogP contribution in [-0.4, -0.2) is 30.0 Å². The summed E-state index contributed by atoms with van der Waals surface area (Å²) in [5.74, 6) is 0.499. The fourth-order valence-corrected chi connectivity index (χ4v) is 3.46. The molecule has 8 nitrogen and oxygen atoms in total. The first-order valence-electron chi connectivity index (χ1n) is 9.28. The summed E-state index contributed by atoms with van der Waals surface area (Å²) in [5, 5.41) is 13.8. The molecule has 2 heterocycles. The summed E-state index contributed by atoms with van der Waals surface area (Å²) in [6, 6.07) is 10.9. The first kappa shape index (κ1) is 21.6. The third-order valence-corrected chi connectivity index (χ3v) is 5.16. The predicted octanol–water partition coefficient (Wildman–Crippen LogP) is 3.92. The molecule has 0 unspecified atom stereocenters. The van der Waals surface area contributed by atoms with Gasteiger partial charge in [0.25, 0.3) is 0 Å². The van der Waals surface area contributed by atoms with Gasteiger partial charge in [-0.05, 0) is 59.3 Å². The van der Waals surface area contributed by atoms with Crippen molar-refractivity contribution < 1.29 is 17.9 Å². The minimum Gasteiger partial charge on any atom is -0.488 e. The molecule has 0 aliphatic rings. The van der Waals surface area contributed by atoms with Crippen LogP contribution in [-0.2, 0) is 19.8 Å². The van der Waals surface area contributed by atoms with Crippen LogP contribution < -0.4 is 10.4 Å². The lowest BCUT2D eigenvalue weighted by atomic mass is 10.1. The summed E-state index contributed by atoms with van der Waals surface area (Å²) >= 11 is 6.31. The van der Waals surface area contributed by atoms with Gasteiger partial charge in [-0.3, -0.25) is 4.68 Å². The number of alkyl halides is 3. The molecule has 0 fully saturated rings. The molecule has 0 aliphatic carbocycles. The third-order valence-electron chi connectivity index (χ3n) is 4.81. The van der Waals surface area contributed by atoms with Crippen molar-refractivity contribution in [3.63, 3.8) is 0 Å². The predicted molar refractivity (Wildman–Crippen MR) is 110 cm³/mol. The summed E-state index contributed by atoms with van der Waals surface area (Å²) in [4.78, 5) is 11.9. The number of ether oxygens (including phenoxy) is 1. The Labute approximate surface area is 184 Å². The molecule has 0 radical (unpaired) electrons. The maximum atomic E-state index is 13.1. The number of H-pyrrole nitrogens is 1. The Morgan fingerprint density at radius 3 is 2.59 bits per heavy atom. The van der Waals surface area contributed by atoms with Crippen LogP contribution in [0.1, 0.15) is 16.8 Å². The molecule has 0 atom stereocenters. The van der Waals surface area contributed by atoms with E-state index in [0.717, 1.165) is 15.4 Å². The fraction of sp³-hybridized carbons (Fsp3) is 0.200. The molecule has 0 aliphatic heterocycles. The van der Waals surface area contributed by atoms with Crippen LogP contribution >= 0.6 is 11.6 Å². The second kappa shape index (κ2) is 8.15. The van der Waals surface area contributed by atoms with Gasteiger partial charge in [-0.15, -0.1) is 0 Å². The highest BCUT2D eigenvalue weighted by atomic mass is 35.5. The van der Waals surface area contributed by atoms with Gasteiger partial charge >= 0.3 is 11.9 Å². The zero-order valence-electron chi connectivity index (χ0n) is 16.8. The molecule has 2 aromatic carbocycles. The first-order valence-corrected chi connectivity index (χ1v) is 9.66. The number of nitrogens with zero attached hydrogens (tertiary/aromatic N) is 5. The van der Waals surface area contributed by atoms with E-state index in [1.54, 1.807) is 43.3 Å². The molecule has 4 rings (SSSR count). The maximum absolute atomic E-state index is 13.1. The molecule has 166 valence electrons. The fourth-order valence-electron chi connectivity index (χ4n) is 3.24. The topological polar surface area (TPSA) is 90.6 Å². The third kappa shape index (κ3) is 4.11. The Hall–Kier alpha value is -3.60. The van der Waals surface area contributed by atoms with Crippen LogP contribution in [0, 0.1) is 6.92 Å². The van der Waals surface area contributed by atoms with E-state index in [1.165, 1.54) is 7.05 Å². The van der Waals surface area contributed by atoms with Gasteiger partial charge in [-0.1, -0.05) is 17.7 Å². The monoisotopic (exact) mass is 464 g/mol. The van der Waals surface area contributed by atoms with Crippen molar-refractivity contribution in [3.8, 4) is 22.7 Å². The molecule has 12 heteroatoms. The van der Waals surface area contributed by atoms with Gasteiger partial charge in [0.15, 0.2) is 0 Å². The molecule has 0 saturated heterocycles. The zero-order valence-corrected chi connectivity index (χ0v) is 17.6. The van der Waals surface area contributed by atoms with Gasteiger partial charge in [0.2, 0.25) is 0 Å². The second-order valence-corrected chi connectivity index (χ2v) is 7.37. The van der Waals surface area contributed by atoms with Crippen molar-refractivity contribution in [2.45, 2.75) is 19.7 Å². The second-order valence-electron chi connectivity index (χ2n) is 6.96. The number of hydrogen-bond donors (Lipinski definition) is 1. The summed E-state index contributed by atoms with van der Waals surface area (Å²) in [6.07, 6.45) is -4.49. The number of aryl methyl sites for hydroxylation is 2. The zero-order chi connectivity index (χ0) is 23.0. The van der Waals surface area contributed by atoms with E-state index in [0.29, 0.717) is 33.1 Å². The molecule has 2 aromatic heterocycles. The van der Waals surface area contributed by atoms with Crippen LogP contribution in [0.4, 0.5) is 13.2 Å². The first-order chi connectivity index (χ1) is 15.1.